The van der Waals surface area contributed by atoms with Crippen LogP contribution in [0, 0.1) is 0 Å². The van der Waals surface area contributed by atoms with Crippen LogP contribution in [0.5, 0.6) is 5.75 Å². The number of hydrogen-bond donors (Lipinski definition) is 1. The molecule has 2 aromatic carbocycles. The zero-order chi connectivity index (χ0) is 17.4. The molecule has 2 unspecified atom stereocenters. The van der Waals surface area contributed by atoms with Crippen LogP contribution in [-0.4, -0.2) is 17.9 Å². The molecule has 2 atom stereocenters. The first-order chi connectivity index (χ1) is 11.6. The van der Waals surface area contributed by atoms with Gasteiger partial charge in [-0.25, -0.2) is 4.39 Å². The van der Waals surface area contributed by atoms with Crippen molar-refractivity contribution in [2.45, 2.75) is 51.8 Å². The van der Waals surface area contributed by atoms with Crippen LogP contribution in [0.15, 0.2) is 48.5 Å². The minimum atomic E-state index is -0.879. The molecule has 0 heterocycles. The van der Waals surface area contributed by atoms with E-state index in [1.54, 1.807) is 12.1 Å². The summed E-state index contributed by atoms with van der Waals surface area (Å²) in [5, 5.41) is 9.35. The fourth-order valence-corrected chi connectivity index (χ4v) is 2.64. The average Bonchev–Trinajstić information content (AvgIpc) is 2.61. The third kappa shape index (κ3) is 5.64. The molecule has 2 aromatic rings. The molecule has 3 heteroatoms. The summed E-state index contributed by atoms with van der Waals surface area (Å²) in [5.41, 5.74) is 3.17. The van der Waals surface area contributed by atoms with Crippen molar-refractivity contribution in [2.75, 3.05) is 6.61 Å². The number of phenols is 1. The summed E-state index contributed by atoms with van der Waals surface area (Å²) in [4.78, 5) is 0. The van der Waals surface area contributed by atoms with Crippen molar-refractivity contribution in [3.63, 3.8) is 0 Å². The normalized spacial score (nSPS) is 13.6. The zero-order valence-corrected chi connectivity index (χ0v) is 14.5. The summed E-state index contributed by atoms with van der Waals surface area (Å²) in [6.07, 6.45) is 2.70. The van der Waals surface area contributed by atoms with Gasteiger partial charge in [-0.15, -0.1) is 0 Å². The van der Waals surface area contributed by atoms with Gasteiger partial charge in [0.15, 0.2) is 0 Å². The van der Waals surface area contributed by atoms with E-state index in [-0.39, 0.29) is 18.5 Å². The van der Waals surface area contributed by atoms with E-state index in [4.69, 9.17) is 4.74 Å². The molecule has 2 rings (SSSR count). The van der Waals surface area contributed by atoms with Gasteiger partial charge in [0.2, 0.25) is 0 Å². The van der Waals surface area contributed by atoms with E-state index in [0.717, 1.165) is 36.0 Å². The highest BCUT2D eigenvalue weighted by molar-refractivity contribution is 5.64. The fourth-order valence-electron chi connectivity index (χ4n) is 2.64. The second kappa shape index (κ2) is 9.43. The van der Waals surface area contributed by atoms with Crippen LogP contribution < -0.4 is 0 Å². The third-order valence-corrected chi connectivity index (χ3v) is 4.23. The van der Waals surface area contributed by atoms with Crippen molar-refractivity contribution in [3.05, 3.63) is 54.1 Å². The van der Waals surface area contributed by atoms with Crippen LogP contribution in [0.3, 0.4) is 0 Å². The van der Waals surface area contributed by atoms with Gasteiger partial charge >= 0.3 is 0 Å². The lowest BCUT2D eigenvalue weighted by atomic mass is 10.0. The molecular formula is C21H27FO2. The summed E-state index contributed by atoms with van der Waals surface area (Å²) < 4.78 is 19.4. The van der Waals surface area contributed by atoms with E-state index < -0.39 is 6.17 Å². The van der Waals surface area contributed by atoms with E-state index in [1.807, 2.05) is 43.3 Å². The molecule has 0 fully saturated rings. The number of unbranched alkanes of at least 4 members (excludes halogenated alkanes) is 2. The molecule has 0 saturated carbocycles. The van der Waals surface area contributed by atoms with Crippen LogP contribution in [0.1, 0.15) is 51.2 Å². The first-order valence-electron chi connectivity index (χ1n) is 8.75. The average molecular weight is 330 g/mol. The molecule has 0 aliphatic rings. The molecule has 1 N–H and O–H groups in total. The molecular weight excluding hydrogens is 303 g/mol. The summed E-state index contributed by atoms with van der Waals surface area (Å²) in [6.45, 7) is 4.23. The van der Waals surface area contributed by atoms with E-state index in [9.17, 15) is 9.50 Å². The molecule has 0 radical (unpaired) electrons. The van der Waals surface area contributed by atoms with Crippen molar-refractivity contribution in [3.8, 4) is 16.9 Å². The lowest BCUT2D eigenvalue weighted by Gasteiger charge is -2.16. The Bertz CT molecular complexity index is 592. The second-order valence-corrected chi connectivity index (χ2v) is 6.24. The predicted molar refractivity (Wildman–Crippen MR) is 96.9 cm³/mol. The van der Waals surface area contributed by atoms with Gasteiger partial charge in [-0.2, -0.15) is 0 Å². The maximum Gasteiger partial charge on any atom is 0.123 e. The van der Waals surface area contributed by atoms with Gasteiger partial charge in [0.1, 0.15) is 11.9 Å². The first-order valence-corrected chi connectivity index (χ1v) is 8.75. The highest BCUT2D eigenvalue weighted by atomic mass is 19.1. The molecule has 0 bridgehead atoms. The van der Waals surface area contributed by atoms with Gasteiger partial charge in [-0.05, 0) is 42.2 Å². The van der Waals surface area contributed by atoms with Gasteiger partial charge in [-0.1, -0.05) is 62.6 Å². The number of halogens is 1. The van der Waals surface area contributed by atoms with Crippen molar-refractivity contribution >= 4 is 0 Å². The van der Waals surface area contributed by atoms with Crippen LogP contribution in [0.2, 0.25) is 0 Å². The Labute approximate surface area is 144 Å². The lowest BCUT2D eigenvalue weighted by molar-refractivity contribution is 0.0248. The number of hydrogen-bond acceptors (Lipinski definition) is 2. The molecule has 2 nitrogen and oxygen atoms in total. The molecule has 0 aliphatic carbocycles. The van der Waals surface area contributed by atoms with Crippen molar-refractivity contribution < 1.29 is 14.2 Å². The van der Waals surface area contributed by atoms with Gasteiger partial charge in [0.05, 0.1) is 12.7 Å². The quantitative estimate of drug-likeness (QED) is 0.567. The van der Waals surface area contributed by atoms with Gasteiger partial charge in [-0.3, -0.25) is 0 Å². The Balaban J connectivity index is 1.86. The molecule has 0 aliphatic heterocycles. The van der Waals surface area contributed by atoms with Crippen molar-refractivity contribution in [1.82, 2.24) is 0 Å². The Morgan fingerprint density at radius 3 is 2.12 bits per heavy atom. The maximum atomic E-state index is 13.8. The molecule has 0 spiro atoms. The van der Waals surface area contributed by atoms with Gasteiger partial charge in [0.25, 0.3) is 0 Å². The smallest absolute Gasteiger partial charge is 0.123 e. The second-order valence-electron chi connectivity index (χ2n) is 6.24. The number of phenolic OH excluding ortho intramolecular Hbond substituents is 1. The molecule has 0 aromatic heterocycles. The van der Waals surface area contributed by atoms with Gasteiger partial charge < -0.3 is 9.84 Å². The Kier molecular flexibility index (Phi) is 7.26. The predicted octanol–water partition coefficient (Wildman–Crippen LogP) is 6.06. The van der Waals surface area contributed by atoms with E-state index in [0.29, 0.717) is 6.42 Å². The number of aromatic hydroxyl groups is 1. The van der Waals surface area contributed by atoms with E-state index in [2.05, 4.69) is 6.92 Å². The first kappa shape index (κ1) is 18.5. The lowest BCUT2D eigenvalue weighted by Crippen LogP contribution is -2.12. The standard InChI is InChI=1S/C21H27FO2/c1-3-4-5-6-20(22)15-24-16(2)17-7-9-18(10-8-17)19-11-13-21(23)14-12-19/h7-14,16,20,23H,3-6,15H2,1-2H3. The van der Waals surface area contributed by atoms with Crippen molar-refractivity contribution in [1.29, 1.82) is 0 Å². The zero-order valence-electron chi connectivity index (χ0n) is 14.5. The van der Waals surface area contributed by atoms with E-state index in [1.165, 1.54) is 0 Å². The molecule has 0 amide bonds. The monoisotopic (exact) mass is 330 g/mol. The Hall–Kier alpha value is -1.87. The molecule has 0 saturated heterocycles. The third-order valence-electron chi connectivity index (χ3n) is 4.23. The fraction of sp³-hybridized carbons (Fsp3) is 0.429. The van der Waals surface area contributed by atoms with Crippen LogP contribution in [0.25, 0.3) is 11.1 Å². The summed E-state index contributed by atoms with van der Waals surface area (Å²) in [6, 6.07) is 15.2. The topological polar surface area (TPSA) is 29.5 Å². The summed E-state index contributed by atoms with van der Waals surface area (Å²) in [5.74, 6) is 0.261. The minimum absolute atomic E-state index is 0.122. The van der Waals surface area contributed by atoms with Crippen LogP contribution in [-0.2, 0) is 4.74 Å². The SMILES string of the molecule is CCCCCC(F)COC(C)c1ccc(-c2ccc(O)cc2)cc1. The van der Waals surface area contributed by atoms with Crippen LogP contribution >= 0.6 is 0 Å². The number of ether oxygens (including phenoxy) is 1. The Morgan fingerprint density at radius 2 is 1.54 bits per heavy atom. The van der Waals surface area contributed by atoms with Crippen molar-refractivity contribution in [2.24, 2.45) is 0 Å². The van der Waals surface area contributed by atoms with E-state index >= 15 is 0 Å². The highest BCUT2D eigenvalue weighted by Crippen LogP contribution is 2.25. The highest BCUT2D eigenvalue weighted by Gasteiger charge is 2.11. The largest absolute Gasteiger partial charge is 0.508 e. The summed E-state index contributed by atoms with van der Waals surface area (Å²) >= 11 is 0. The van der Waals surface area contributed by atoms with Crippen LogP contribution in [0.4, 0.5) is 4.39 Å². The number of benzene rings is 2. The minimum Gasteiger partial charge on any atom is -0.508 e. The van der Waals surface area contributed by atoms with Gasteiger partial charge in [0, 0.05) is 0 Å². The maximum absolute atomic E-state index is 13.8. The summed E-state index contributed by atoms with van der Waals surface area (Å²) in [7, 11) is 0. The molecule has 24 heavy (non-hydrogen) atoms. The Morgan fingerprint density at radius 1 is 0.958 bits per heavy atom. The number of rotatable bonds is 9. The number of alkyl halides is 1. The molecule has 130 valence electrons.